The normalized spacial score (nSPS) is 10.2. The zero-order chi connectivity index (χ0) is 12.3. The Morgan fingerprint density at radius 2 is 2.29 bits per heavy atom. The van der Waals surface area contributed by atoms with Crippen molar-refractivity contribution in [1.82, 2.24) is 14.9 Å². The van der Waals surface area contributed by atoms with E-state index in [1.54, 1.807) is 17.8 Å². The molecule has 1 aromatic carbocycles. The summed E-state index contributed by atoms with van der Waals surface area (Å²) in [5.74, 6) is -0.0867. The summed E-state index contributed by atoms with van der Waals surface area (Å²) in [6.07, 6.45) is 3.15. The van der Waals surface area contributed by atoms with Crippen LogP contribution in [-0.4, -0.2) is 16.6 Å². The Morgan fingerprint density at radius 1 is 1.47 bits per heavy atom. The molecule has 0 aliphatic carbocycles. The lowest BCUT2D eigenvalue weighted by molar-refractivity contribution is 0.622. The topological polar surface area (TPSA) is 53.6 Å². The lowest BCUT2D eigenvalue weighted by Crippen LogP contribution is -2.06. The van der Waals surface area contributed by atoms with Gasteiger partial charge in [-0.05, 0) is 30.8 Å². The Kier molecular flexibility index (Phi) is 3.17. The Morgan fingerprint density at radius 3 is 3.00 bits per heavy atom. The van der Waals surface area contributed by atoms with E-state index in [4.69, 9.17) is 5.26 Å². The van der Waals surface area contributed by atoms with Gasteiger partial charge in [-0.3, -0.25) is 4.57 Å². The van der Waals surface area contributed by atoms with E-state index < -0.39 is 0 Å². The second-order valence-electron chi connectivity index (χ2n) is 3.58. The molecule has 1 N–H and O–H groups in total. The number of nitrogens with one attached hydrogen (secondary N) is 1. The Labute approximate surface area is 98.3 Å². The standard InChI is InChI=1S/C12H11FN4/c1-15-8-9-4-10(13)6-11(5-9)17-3-2-16-12(17)7-14/h2-6,15H,8H2,1H3. The van der Waals surface area contributed by atoms with E-state index in [1.165, 1.54) is 18.3 Å². The third-order valence-corrected chi connectivity index (χ3v) is 2.34. The Hall–Kier alpha value is -2.19. The molecule has 0 saturated heterocycles. The molecule has 0 atom stereocenters. The van der Waals surface area contributed by atoms with Crippen LogP contribution < -0.4 is 5.32 Å². The molecule has 4 nitrogen and oxygen atoms in total. The van der Waals surface area contributed by atoms with Crippen LogP contribution in [0.25, 0.3) is 5.69 Å². The number of rotatable bonds is 3. The van der Waals surface area contributed by atoms with Gasteiger partial charge in [0.15, 0.2) is 0 Å². The fourth-order valence-corrected chi connectivity index (χ4v) is 1.67. The first kappa shape index (κ1) is 11.3. The highest BCUT2D eigenvalue weighted by Crippen LogP contribution is 2.15. The van der Waals surface area contributed by atoms with Crippen LogP contribution in [0.4, 0.5) is 4.39 Å². The average Bonchev–Trinajstić information content (AvgIpc) is 2.76. The number of halogens is 1. The number of benzene rings is 1. The molecule has 0 unspecified atom stereocenters. The third-order valence-electron chi connectivity index (χ3n) is 2.34. The number of hydrogen-bond acceptors (Lipinski definition) is 3. The largest absolute Gasteiger partial charge is 0.316 e. The predicted molar refractivity (Wildman–Crippen MR) is 61.0 cm³/mol. The summed E-state index contributed by atoms with van der Waals surface area (Å²) in [7, 11) is 1.79. The van der Waals surface area contributed by atoms with Gasteiger partial charge >= 0.3 is 0 Å². The van der Waals surface area contributed by atoms with Gasteiger partial charge < -0.3 is 5.32 Å². The van der Waals surface area contributed by atoms with E-state index in [0.717, 1.165) is 5.56 Å². The van der Waals surface area contributed by atoms with Crippen molar-refractivity contribution >= 4 is 0 Å². The minimum atomic E-state index is -0.328. The molecule has 86 valence electrons. The van der Waals surface area contributed by atoms with E-state index in [0.29, 0.717) is 12.2 Å². The number of aromatic nitrogens is 2. The first-order valence-electron chi connectivity index (χ1n) is 5.12. The van der Waals surface area contributed by atoms with Crippen molar-refractivity contribution < 1.29 is 4.39 Å². The van der Waals surface area contributed by atoms with Crippen LogP contribution in [0.5, 0.6) is 0 Å². The van der Waals surface area contributed by atoms with Crippen LogP contribution in [0.15, 0.2) is 30.6 Å². The SMILES string of the molecule is CNCc1cc(F)cc(-n2ccnc2C#N)c1. The van der Waals surface area contributed by atoms with Crippen LogP contribution in [0, 0.1) is 17.1 Å². The van der Waals surface area contributed by atoms with Crippen LogP contribution in [0.2, 0.25) is 0 Å². The molecular weight excluding hydrogens is 219 g/mol. The zero-order valence-corrected chi connectivity index (χ0v) is 9.31. The molecule has 0 aliphatic rings. The number of nitrogens with zero attached hydrogens (tertiary/aromatic N) is 3. The third kappa shape index (κ3) is 2.32. The van der Waals surface area contributed by atoms with Crippen molar-refractivity contribution in [2.45, 2.75) is 6.54 Å². The van der Waals surface area contributed by atoms with Gasteiger partial charge in [0, 0.05) is 18.9 Å². The summed E-state index contributed by atoms with van der Waals surface area (Å²) in [4.78, 5) is 3.88. The minimum Gasteiger partial charge on any atom is -0.316 e. The lowest BCUT2D eigenvalue weighted by Gasteiger charge is -2.07. The fraction of sp³-hybridized carbons (Fsp3) is 0.167. The Bertz CT molecular complexity index is 568. The maximum atomic E-state index is 13.4. The summed E-state index contributed by atoms with van der Waals surface area (Å²) in [5.41, 5.74) is 1.42. The molecule has 5 heteroatoms. The smallest absolute Gasteiger partial charge is 0.217 e. The lowest BCUT2D eigenvalue weighted by atomic mass is 10.2. The highest BCUT2D eigenvalue weighted by molar-refractivity contribution is 5.39. The van der Waals surface area contributed by atoms with Crippen molar-refractivity contribution in [1.29, 1.82) is 5.26 Å². The Balaban J connectivity index is 2.49. The molecule has 0 spiro atoms. The van der Waals surface area contributed by atoms with Crippen molar-refractivity contribution in [3.05, 3.63) is 47.8 Å². The minimum absolute atomic E-state index is 0.242. The summed E-state index contributed by atoms with van der Waals surface area (Å²) in [6.45, 7) is 0.571. The van der Waals surface area contributed by atoms with E-state index in [9.17, 15) is 4.39 Å². The van der Waals surface area contributed by atoms with E-state index >= 15 is 0 Å². The van der Waals surface area contributed by atoms with Gasteiger partial charge in [-0.25, -0.2) is 9.37 Å². The van der Waals surface area contributed by atoms with Crippen molar-refractivity contribution in [3.8, 4) is 11.8 Å². The van der Waals surface area contributed by atoms with E-state index in [2.05, 4.69) is 10.3 Å². The summed E-state index contributed by atoms with van der Waals surface area (Å²) < 4.78 is 15.0. The first-order valence-corrected chi connectivity index (χ1v) is 5.12. The van der Waals surface area contributed by atoms with E-state index in [1.807, 2.05) is 12.1 Å². The second-order valence-corrected chi connectivity index (χ2v) is 3.58. The number of nitriles is 1. The van der Waals surface area contributed by atoms with Gasteiger partial charge in [-0.1, -0.05) is 0 Å². The predicted octanol–water partition coefficient (Wildman–Crippen LogP) is 1.60. The quantitative estimate of drug-likeness (QED) is 0.871. The zero-order valence-electron chi connectivity index (χ0n) is 9.31. The molecule has 0 bridgehead atoms. The van der Waals surface area contributed by atoms with Gasteiger partial charge in [-0.15, -0.1) is 0 Å². The maximum Gasteiger partial charge on any atom is 0.217 e. The van der Waals surface area contributed by atoms with Gasteiger partial charge in [0.25, 0.3) is 0 Å². The van der Waals surface area contributed by atoms with Crippen LogP contribution in [0.3, 0.4) is 0 Å². The fourth-order valence-electron chi connectivity index (χ4n) is 1.67. The van der Waals surface area contributed by atoms with E-state index in [-0.39, 0.29) is 11.6 Å². The van der Waals surface area contributed by atoms with Crippen LogP contribution in [0.1, 0.15) is 11.4 Å². The maximum absolute atomic E-state index is 13.4. The number of hydrogen-bond donors (Lipinski definition) is 1. The van der Waals surface area contributed by atoms with Crippen molar-refractivity contribution in [3.63, 3.8) is 0 Å². The molecule has 0 radical (unpaired) electrons. The van der Waals surface area contributed by atoms with Crippen LogP contribution >= 0.6 is 0 Å². The summed E-state index contributed by atoms with van der Waals surface area (Å²) in [5, 5.41) is 11.8. The van der Waals surface area contributed by atoms with Crippen LogP contribution in [-0.2, 0) is 6.54 Å². The van der Waals surface area contributed by atoms with Gasteiger partial charge in [0.05, 0.1) is 5.69 Å². The molecule has 2 aromatic rings. The van der Waals surface area contributed by atoms with Gasteiger partial charge in [0.2, 0.25) is 5.82 Å². The highest BCUT2D eigenvalue weighted by atomic mass is 19.1. The molecule has 1 aromatic heterocycles. The molecule has 2 rings (SSSR count). The average molecular weight is 230 g/mol. The molecule has 0 saturated carbocycles. The van der Waals surface area contributed by atoms with Crippen molar-refractivity contribution in [2.24, 2.45) is 0 Å². The van der Waals surface area contributed by atoms with Crippen molar-refractivity contribution in [2.75, 3.05) is 7.05 Å². The molecule has 1 heterocycles. The highest BCUT2D eigenvalue weighted by Gasteiger charge is 2.06. The molecule has 17 heavy (non-hydrogen) atoms. The number of imidazole rings is 1. The van der Waals surface area contributed by atoms with Gasteiger partial charge in [0.1, 0.15) is 11.9 Å². The summed E-state index contributed by atoms with van der Waals surface area (Å²) in [6, 6.07) is 6.62. The monoisotopic (exact) mass is 230 g/mol. The van der Waals surface area contributed by atoms with Gasteiger partial charge in [-0.2, -0.15) is 5.26 Å². The molecule has 0 amide bonds. The first-order chi connectivity index (χ1) is 8.24. The second kappa shape index (κ2) is 4.76. The summed E-state index contributed by atoms with van der Waals surface area (Å²) >= 11 is 0. The molecule has 0 fully saturated rings. The molecular formula is C12H11FN4. The molecule has 0 aliphatic heterocycles.